The van der Waals surface area contributed by atoms with E-state index in [4.69, 9.17) is 16.3 Å². The van der Waals surface area contributed by atoms with E-state index in [1.54, 1.807) is 30.6 Å². The van der Waals surface area contributed by atoms with Gasteiger partial charge in [-0.3, -0.25) is 14.1 Å². The topological polar surface area (TPSA) is 88.6 Å². The van der Waals surface area contributed by atoms with Crippen molar-refractivity contribution in [3.63, 3.8) is 0 Å². The number of nitrogens with one attached hydrogen (secondary N) is 1. The Morgan fingerprint density at radius 1 is 1.38 bits per heavy atom. The highest BCUT2D eigenvalue weighted by Gasteiger charge is 2.31. The van der Waals surface area contributed by atoms with Crippen molar-refractivity contribution in [2.45, 2.75) is 19.5 Å². The number of amides is 1. The first-order valence-electron chi connectivity index (χ1n) is 7.73. The molecule has 0 aliphatic rings. The first-order chi connectivity index (χ1) is 12.2. The third kappa shape index (κ3) is 4.86. The molecular formula is C17H20ClN3O4S. The number of aromatic nitrogens is 1. The summed E-state index contributed by atoms with van der Waals surface area (Å²) in [6.45, 7) is 1.74. The molecular weight excluding hydrogens is 378 g/mol. The minimum Gasteiger partial charge on any atom is -0.495 e. The Bertz CT molecular complexity index is 875. The normalized spacial score (nSPS) is 12.3. The van der Waals surface area contributed by atoms with Gasteiger partial charge in [-0.15, -0.1) is 0 Å². The molecule has 26 heavy (non-hydrogen) atoms. The monoisotopic (exact) mass is 397 g/mol. The van der Waals surface area contributed by atoms with Crippen molar-refractivity contribution in [1.82, 2.24) is 10.3 Å². The van der Waals surface area contributed by atoms with Gasteiger partial charge in [0.2, 0.25) is 15.9 Å². The number of anilines is 1. The second-order valence-electron chi connectivity index (χ2n) is 5.63. The van der Waals surface area contributed by atoms with Crippen molar-refractivity contribution in [2.24, 2.45) is 0 Å². The van der Waals surface area contributed by atoms with Crippen LogP contribution in [0.1, 0.15) is 12.5 Å². The van der Waals surface area contributed by atoms with E-state index in [2.05, 4.69) is 10.3 Å². The van der Waals surface area contributed by atoms with Gasteiger partial charge in [-0.05, 0) is 36.8 Å². The van der Waals surface area contributed by atoms with Crippen molar-refractivity contribution >= 4 is 33.2 Å². The van der Waals surface area contributed by atoms with E-state index < -0.39 is 22.0 Å². The highest BCUT2D eigenvalue weighted by atomic mass is 35.5. The van der Waals surface area contributed by atoms with Crippen molar-refractivity contribution in [3.8, 4) is 5.75 Å². The van der Waals surface area contributed by atoms with Crippen LogP contribution in [0.3, 0.4) is 0 Å². The van der Waals surface area contributed by atoms with Crippen molar-refractivity contribution in [3.05, 3.63) is 53.3 Å². The maximum Gasteiger partial charge on any atom is 0.243 e. The number of halogens is 1. The molecule has 1 N–H and O–H groups in total. The predicted molar refractivity (Wildman–Crippen MR) is 101 cm³/mol. The number of pyridine rings is 1. The van der Waals surface area contributed by atoms with Crippen LogP contribution in [-0.2, 0) is 21.4 Å². The molecule has 1 aromatic heterocycles. The summed E-state index contributed by atoms with van der Waals surface area (Å²) < 4.78 is 31.0. The van der Waals surface area contributed by atoms with E-state index in [1.807, 2.05) is 6.07 Å². The van der Waals surface area contributed by atoms with Gasteiger partial charge < -0.3 is 10.1 Å². The quantitative estimate of drug-likeness (QED) is 0.773. The fraction of sp³-hybridized carbons (Fsp3) is 0.294. The van der Waals surface area contributed by atoms with E-state index in [1.165, 1.54) is 20.1 Å². The highest BCUT2D eigenvalue weighted by molar-refractivity contribution is 7.92. The lowest BCUT2D eigenvalue weighted by Gasteiger charge is -2.29. The molecule has 140 valence electrons. The predicted octanol–water partition coefficient (Wildman–Crippen LogP) is 2.21. The summed E-state index contributed by atoms with van der Waals surface area (Å²) in [4.78, 5) is 16.5. The zero-order valence-electron chi connectivity index (χ0n) is 14.6. The Hall–Kier alpha value is -2.32. The summed E-state index contributed by atoms with van der Waals surface area (Å²) in [6.07, 6.45) is 4.28. The Morgan fingerprint density at radius 2 is 2.12 bits per heavy atom. The van der Waals surface area contributed by atoms with Crippen molar-refractivity contribution < 1.29 is 17.9 Å². The van der Waals surface area contributed by atoms with Gasteiger partial charge in [-0.2, -0.15) is 0 Å². The number of nitrogens with zero attached hydrogens (tertiary/aromatic N) is 2. The fourth-order valence-electron chi connectivity index (χ4n) is 2.46. The lowest BCUT2D eigenvalue weighted by Crippen LogP contribution is -2.47. The minimum atomic E-state index is -3.77. The standard InChI is InChI=1S/C17H20ClN3O4S/c1-12(17(22)20-11-13-5-4-8-19-10-13)21(26(3,23)24)15-9-14(18)6-7-16(15)25-2/h4-10,12H,11H2,1-3H3,(H,20,22)/t12-/m0/s1. The van der Waals surface area contributed by atoms with Crippen molar-refractivity contribution in [1.29, 1.82) is 0 Å². The maximum absolute atomic E-state index is 12.6. The van der Waals surface area contributed by atoms with Gasteiger partial charge in [0.25, 0.3) is 0 Å². The molecule has 0 saturated heterocycles. The number of methoxy groups -OCH3 is 1. The van der Waals surface area contributed by atoms with Crippen molar-refractivity contribution in [2.75, 3.05) is 17.7 Å². The molecule has 2 rings (SSSR count). The molecule has 0 spiro atoms. The number of sulfonamides is 1. The molecule has 1 aromatic carbocycles. The average Bonchev–Trinajstić information content (AvgIpc) is 2.59. The summed E-state index contributed by atoms with van der Waals surface area (Å²) in [5.41, 5.74) is 1.01. The summed E-state index contributed by atoms with van der Waals surface area (Å²) in [5, 5.41) is 3.05. The number of hydrogen-bond donors (Lipinski definition) is 1. The first-order valence-corrected chi connectivity index (χ1v) is 9.96. The number of benzene rings is 1. The van der Waals surface area contributed by atoms with Crippen LogP contribution in [0, 0.1) is 0 Å². The molecule has 7 nitrogen and oxygen atoms in total. The number of carbonyl (C=O) groups is 1. The Labute approximate surface area is 158 Å². The summed E-state index contributed by atoms with van der Waals surface area (Å²) in [7, 11) is -2.36. The van der Waals surface area contributed by atoms with Crippen LogP contribution in [0.25, 0.3) is 0 Å². The first kappa shape index (κ1) is 20.0. The molecule has 0 saturated carbocycles. The summed E-state index contributed by atoms with van der Waals surface area (Å²) >= 11 is 6.01. The van der Waals surface area contributed by atoms with Gasteiger partial charge in [0.1, 0.15) is 11.8 Å². The number of rotatable bonds is 7. The maximum atomic E-state index is 12.6. The van der Waals surface area contributed by atoms with Gasteiger partial charge >= 0.3 is 0 Å². The number of hydrogen-bond acceptors (Lipinski definition) is 5. The van der Waals surface area contributed by atoms with Gasteiger partial charge in [0.15, 0.2) is 0 Å². The molecule has 0 unspecified atom stereocenters. The van der Waals surface area contributed by atoms with Crippen LogP contribution in [0.15, 0.2) is 42.7 Å². The molecule has 9 heteroatoms. The second-order valence-corrected chi connectivity index (χ2v) is 7.93. The fourth-order valence-corrected chi connectivity index (χ4v) is 3.79. The summed E-state index contributed by atoms with van der Waals surface area (Å²) in [5.74, 6) is -0.159. The number of carbonyl (C=O) groups excluding carboxylic acids is 1. The van der Waals surface area contributed by atoms with E-state index in [0.29, 0.717) is 10.8 Å². The van der Waals surface area contributed by atoms with Gasteiger partial charge in [0, 0.05) is 24.0 Å². The minimum absolute atomic E-state index is 0.200. The van der Waals surface area contributed by atoms with Gasteiger partial charge in [-0.25, -0.2) is 8.42 Å². The smallest absolute Gasteiger partial charge is 0.243 e. The molecule has 0 radical (unpaired) electrons. The SMILES string of the molecule is COc1ccc(Cl)cc1N([C@@H](C)C(=O)NCc1cccnc1)S(C)(=O)=O. The molecule has 1 heterocycles. The van der Waals surface area contributed by atoms with Crippen LogP contribution in [0.4, 0.5) is 5.69 Å². The van der Waals surface area contributed by atoms with E-state index in [9.17, 15) is 13.2 Å². The second kappa shape index (κ2) is 8.37. The zero-order valence-corrected chi connectivity index (χ0v) is 16.2. The largest absolute Gasteiger partial charge is 0.495 e. The van der Waals surface area contributed by atoms with Crippen LogP contribution in [0.5, 0.6) is 5.75 Å². The van der Waals surface area contributed by atoms with E-state index >= 15 is 0 Å². The molecule has 2 aromatic rings. The number of ether oxygens (including phenoxy) is 1. The van der Waals surface area contributed by atoms with Crippen LogP contribution in [-0.4, -0.2) is 38.7 Å². The van der Waals surface area contributed by atoms with Crippen LogP contribution >= 0.6 is 11.6 Å². The van der Waals surface area contributed by atoms with Gasteiger partial charge in [-0.1, -0.05) is 17.7 Å². The molecule has 0 bridgehead atoms. The molecule has 0 aliphatic heterocycles. The summed E-state index contributed by atoms with van der Waals surface area (Å²) in [6, 6.07) is 7.14. The van der Waals surface area contributed by atoms with Gasteiger partial charge in [0.05, 0.1) is 19.1 Å². The highest BCUT2D eigenvalue weighted by Crippen LogP contribution is 2.34. The molecule has 0 aliphatic carbocycles. The van der Waals surface area contributed by atoms with Crippen LogP contribution in [0.2, 0.25) is 5.02 Å². The lowest BCUT2D eigenvalue weighted by molar-refractivity contribution is -0.122. The lowest BCUT2D eigenvalue weighted by atomic mass is 10.2. The Balaban J connectivity index is 2.29. The zero-order chi connectivity index (χ0) is 19.3. The van der Waals surface area contributed by atoms with E-state index in [0.717, 1.165) is 16.1 Å². The average molecular weight is 398 g/mol. The molecule has 1 amide bonds. The third-order valence-corrected chi connectivity index (χ3v) is 5.12. The molecule has 0 fully saturated rings. The van der Waals surface area contributed by atoms with E-state index in [-0.39, 0.29) is 12.2 Å². The van der Waals surface area contributed by atoms with Crippen LogP contribution < -0.4 is 14.4 Å². The third-order valence-electron chi connectivity index (χ3n) is 3.66. The Morgan fingerprint density at radius 3 is 2.69 bits per heavy atom. The molecule has 1 atom stereocenters. The Kier molecular flexibility index (Phi) is 6.44.